The van der Waals surface area contributed by atoms with Gasteiger partial charge in [-0.05, 0) is 43.9 Å². The number of allylic oxidation sites excluding steroid dienone is 2. The van der Waals surface area contributed by atoms with E-state index >= 15 is 0 Å². The molecule has 1 aliphatic rings. The highest BCUT2D eigenvalue weighted by Crippen LogP contribution is 2.36. The smallest absolute Gasteiger partial charge is 0.0574 e. The Kier molecular flexibility index (Phi) is 5.20. The van der Waals surface area contributed by atoms with Crippen LogP contribution >= 0.6 is 0 Å². The molecule has 3 atom stereocenters. The summed E-state index contributed by atoms with van der Waals surface area (Å²) < 4.78 is 0. The second kappa shape index (κ2) is 6.20. The van der Waals surface area contributed by atoms with Gasteiger partial charge in [0.1, 0.15) is 0 Å². The van der Waals surface area contributed by atoms with Crippen molar-refractivity contribution in [2.75, 3.05) is 6.61 Å². The lowest BCUT2D eigenvalue weighted by Crippen LogP contribution is -2.19. The summed E-state index contributed by atoms with van der Waals surface area (Å²) in [4.78, 5) is 0. The van der Waals surface area contributed by atoms with Crippen LogP contribution in [0, 0.1) is 11.8 Å². The SMILES string of the molecule is CCC=CC[C@H]1C(O)CC[C@@H]1CCO. The summed E-state index contributed by atoms with van der Waals surface area (Å²) in [5.41, 5.74) is 0. The summed E-state index contributed by atoms with van der Waals surface area (Å²) in [5.74, 6) is 0.904. The molecule has 0 amide bonds. The molecule has 1 fully saturated rings. The second-order valence-corrected chi connectivity index (χ2v) is 4.20. The number of aliphatic hydroxyl groups excluding tert-OH is 2. The van der Waals surface area contributed by atoms with Gasteiger partial charge in [0.25, 0.3) is 0 Å². The van der Waals surface area contributed by atoms with Crippen molar-refractivity contribution in [1.29, 1.82) is 0 Å². The zero-order chi connectivity index (χ0) is 10.4. The molecule has 82 valence electrons. The Morgan fingerprint density at radius 3 is 2.71 bits per heavy atom. The van der Waals surface area contributed by atoms with Crippen LogP contribution in [0.5, 0.6) is 0 Å². The molecule has 0 aliphatic heterocycles. The van der Waals surface area contributed by atoms with Gasteiger partial charge in [0.15, 0.2) is 0 Å². The molecule has 0 heterocycles. The lowest BCUT2D eigenvalue weighted by molar-refractivity contribution is 0.111. The minimum atomic E-state index is -0.145. The molecule has 0 aromatic rings. The van der Waals surface area contributed by atoms with E-state index in [9.17, 15) is 5.11 Å². The molecule has 0 radical (unpaired) electrons. The molecule has 0 aromatic carbocycles. The maximum atomic E-state index is 9.77. The Morgan fingerprint density at radius 1 is 1.29 bits per heavy atom. The summed E-state index contributed by atoms with van der Waals surface area (Å²) in [6.07, 6.45) is 9.05. The van der Waals surface area contributed by atoms with Crippen molar-refractivity contribution in [3.05, 3.63) is 12.2 Å². The first-order valence-electron chi connectivity index (χ1n) is 5.73. The van der Waals surface area contributed by atoms with Crippen LogP contribution in [0.15, 0.2) is 12.2 Å². The fourth-order valence-corrected chi connectivity index (χ4v) is 2.42. The maximum absolute atomic E-state index is 9.77. The van der Waals surface area contributed by atoms with Crippen LogP contribution in [0.1, 0.15) is 39.0 Å². The first-order chi connectivity index (χ1) is 6.79. The van der Waals surface area contributed by atoms with Gasteiger partial charge in [-0.15, -0.1) is 0 Å². The van der Waals surface area contributed by atoms with Crippen molar-refractivity contribution in [3.63, 3.8) is 0 Å². The number of aliphatic hydroxyl groups is 2. The summed E-state index contributed by atoms with van der Waals surface area (Å²) in [6.45, 7) is 2.37. The molecule has 1 rings (SSSR count). The van der Waals surface area contributed by atoms with E-state index in [2.05, 4.69) is 19.1 Å². The highest BCUT2D eigenvalue weighted by molar-refractivity contribution is 4.91. The summed E-state index contributed by atoms with van der Waals surface area (Å²) >= 11 is 0. The van der Waals surface area contributed by atoms with Gasteiger partial charge in [0.2, 0.25) is 0 Å². The van der Waals surface area contributed by atoms with Gasteiger partial charge in [-0.1, -0.05) is 19.1 Å². The molecule has 0 aromatic heterocycles. The molecule has 2 nitrogen and oxygen atoms in total. The highest BCUT2D eigenvalue weighted by atomic mass is 16.3. The van der Waals surface area contributed by atoms with E-state index in [4.69, 9.17) is 5.11 Å². The molecular formula is C12H22O2. The van der Waals surface area contributed by atoms with Crippen LogP contribution < -0.4 is 0 Å². The van der Waals surface area contributed by atoms with Gasteiger partial charge in [0, 0.05) is 6.61 Å². The van der Waals surface area contributed by atoms with Gasteiger partial charge in [-0.2, -0.15) is 0 Å². The van der Waals surface area contributed by atoms with Crippen molar-refractivity contribution in [2.45, 2.75) is 45.1 Å². The van der Waals surface area contributed by atoms with Crippen LogP contribution in [-0.4, -0.2) is 22.9 Å². The van der Waals surface area contributed by atoms with Gasteiger partial charge < -0.3 is 10.2 Å². The molecule has 14 heavy (non-hydrogen) atoms. The molecule has 0 spiro atoms. The predicted molar refractivity (Wildman–Crippen MR) is 58.0 cm³/mol. The van der Waals surface area contributed by atoms with Crippen LogP contribution in [0.2, 0.25) is 0 Å². The fourth-order valence-electron chi connectivity index (χ4n) is 2.42. The van der Waals surface area contributed by atoms with Crippen molar-refractivity contribution in [1.82, 2.24) is 0 Å². The van der Waals surface area contributed by atoms with Crippen LogP contribution in [0.3, 0.4) is 0 Å². The van der Waals surface area contributed by atoms with Crippen LogP contribution in [0.25, 0.3) is 0 Å². The topological polar surface area (TPSA) is 40.5 Å². The normalized spacial score (nSPS) is 32.9. The quantitative estimate of drug-likeness (QED) is 0.664. The molecule has 1 aliphatic carbocycles. The summed E-state index contributed by atoms with van der Waals surface area (Å²) in [6, 6.07) is 0. The zero-order valence-electron chi connectivity index (χ0n) is 9.02. The third-order valence-corrected chi connectivity index (χ3v) is 3.24. The maximum Gasteiger partial charge on any atom is 0.0574 e. The van der Waals surface area contributed by atoms with Crippen molar-refractivity contribution in [3.8, 4) is 0 Å². The van der Waals surface area contributed by atoms with Crippen molar-refractivity contribution >= 4 is 0 Å². The Balaban J connectivity index is 2.40. The van der Waals surface area contributed by atoms with E-state index in [0.29, 0.717) is 11.8 Å². The first kappa shape index (κ1) is 11.7. The van der Waals surface area contributed by atoms with E-state index in [0.717, 1.165) is 32.1 Å². The largest absolute Gasteiger partial charge is 0.396 e. The summed E-state index contributed by atoms with van der Waals surface area (Å²) in [7, 11) is 0. The molecule has 0 saturated heterocycles. The predicted octanol–water partition coefficient (Wildman–Crippen LogP) is 2.11. The third-order valence-electron chi connectivity index (χ3n) is 3.24. The molecule has 2 heteroatoms. The Bertz CT molecular complexity index is 175. The van der Waals surface area contributed by atoms with Crippen molar-refractivity contribution < 1.29 is 10.2 Å². The number of rotatable bonds is 5. The van der Waals surface area contributed by atoms with Gasteiger partial charge in [0.05, 0.1) is 6.10 Å². The molecule has 1 unspecified atom stereocenters. The van der Waals surface area contributed by atoms with Crippen molar-refractivity contribution in [2.24, 2.45) is 11.8 Å². The van der Waals surface area contributed by atoms with E-state index in [-0.39, 0.29) is 12.7 Å². The minimum absolute atomic E-state index is 0.145. The van der Waals surface area contributed by atoms with Gasteiger partial charge in [-0.25, -0.2) is 0 Å². The van der Waals surface area contributed by atoms with Crippen LogP contribution in [-0.2, 0) is 0 Å². The highest BCUT2D eigenvalue weighted by Gasteiger charge is 2.33. The van der Waals surface area contributed by atoms with Crippen LogP contribution in [0.4, 0.5) is 0 Å². The molecular weight excluding hydrogens is 176 g/mol. The second-order valence-electron chi connectivity index (χ2n) is 4.20. The number of hydrogen-bond acceptors (Lipinski definition) is 2. The number of hydrogen-bond donors (Lipinski definition) is 2. The zero-order valence-corrected chi connectivity index (χ0v) is 9.02. The Hall–Kier alpha value is -0.340. The van der Waals surface area contributed by atoms with E-state index in [1.165, 1.54) is 0 Å². The lowest BCUT2D eigenvalue weighted by Gasteiger charge is -2.19. The molecule has 1 saturated carbocycles. The average molecular weight is 198 g/mol. The van der Waals surface area contributed by atoms with Gasteiger partial charge in [-0.3, -0.25) is 0 Å². The standard InChI is InChI=1S/C12H22O2/c1-2-3-4-5-11-10(8-9-13)6-7-12(11)14/h3-4,10-14H,2,5-9H2,1H3/t10-,11-,12?/m1/s1. The summed E-state index contributed by atoms with van der Waals surface area (Å²) in [5, 5.41) is 18.7. The molecule has 2 N–H and O–H groups in total. The van der Waals surface area contributed by atoms with E-state index < -0.39 is 0 Å². The van der Waals surface area contributed by atoms with E-state index in [1.807, 2.05) is 0 Å². The van der Waals surface area contributed by atoms with E-state index in [1.54, 1.807) is 0 Å². The lowest BCUT2D eigenvalue weighted by atomic mass is 9.89. The first-order valence-corrected chi connectivity index (χ1v) is 5.73. The molecule has 0 bridgehead atoms. The average Bonchev–Trinajstić information content (AvgIpc) is 2.50. The monoisotopic (exact) mass is 198 g/mol. The minimum Gasteiger partial charge on any atom is -0.396 e. The Labute approximate surface area is 86.6 Å². The third kappa shape index (κ3) is 3.10. The fraction of sp³-hybridized carbons (Fsp3) is 0.833. The Morgan fingerprint density at radius 2 is 2.07 bits per heavy atom. The van der Waals surface area contributed by atoms with Gasteiger partial charge >= 0.3 is 0 Å².